The Morgan fingerprint density at radius 1 is 1.06 bits per heavy atom. The molecule has 1 aliphatic rings. The highest BCUT2D eigenvalue weighted by Crippen LogP contribution is 2.22. The van der Waals surface area contributed by atoms with Crippen LogP contribution in [0.4, 0.5) is 5.69 Å². The first-order valence-electron chi connectivity index (χ1n) is 10.7. The molecule has 0 unspecified atom stereocenters. The monoisotopic (exact) mass is 450 g/mol. The van der Waals surface area contributed by atoms with Crippen molar-refractivity contribution in [1.29, 1.82) is 0 Å². The lowest BCUT2D eigenvalue weighted by molar-refractivity contribution is -0.132. The van der Waals surface area contributed by atoms with Crippen LogP contribution in [0.1, 0.15) is 18.5 Å². The molecule has 32 heavy (non-hydrogen) atoms. The molecule has 3 heterocycles. The number of carbonyl (C=O) groups excluding carboxylic acids is 2. The van der Waals surface area contributed by atoms with Crippen LogP contribution in [0.5, 0.6) is 0 Å². The zero-order valence-electron chi connectivity index (χ0n) is 17.8. The summed E-state index contributed by atoms with van der Waals surface area (Å²) in [5, 5.41) is 11.8. The van der Waals surface area contributed by atoms with Crippen LogP contribution in [0.15, 0.2) is 66.2 Å². The second-order valence-corrected chi connectivity index (χ2v) is 8.62. The van der Waals surface area contributed by atoms with E-state index in [1.807, 2.05) is 58.0 Å². The molecule has 0 radical (unpaired) electrons. The van der Waals surface area contributed by atoms with Gasteiger partial charge in [0.25, 0.3) is 0 Å². The maximum Gasteiger partial charge on any atom is 0.233 e. The average Bonchev–Trinajstić information content (AvgIpc) is 3.30. The van der Waals surface area contributed by atoms with Gasteiger partial charge in [-0.05, 0) is 37.1 Å². The van der Waals surface area contributed by atoms with Gasteiger partial charge in [-0.25, -0.2) is 0 Å². The van der Waals surface area contributed by atoms with Crippen LogP contribution in [-0.2, 0) is 22.6 Å². The predicted octanol–water partition coefficient (Wildman–Crippen LogP) is 2.89. The van der Waals surface area contributed by atoms with Gasteiger partial charge in [0.15, 0.2) is 5.16 Å². The first kappa shape index (κ1) is 22.0. The number of hydrogen-bond donors (Lipinski definition) is 1. The number of carbonyl (C=O) groups is 2. The number of thioether (sulfide) groups is 1. The summed E-state index contributed by atoms with van der Waals surface area (Å²) >= 11 is 1.40. The van der Waals surface area contributed by atoms with Gasteiger partial charge in [-0.2, -0.15) is 0 Å². The number of hydrogen-bond acceptors (Lipinski definition) is 6. The van der Waals surface area contributed by atoms with Crippen molar-refractivity contribution >= 4 is 29.3 Å². The Balaban J connectivity index is 1.21. The van der Waals surface area contributed by atoms with Crippen molar-refractivity contribution in [1.82, 2.24) is 24.6 Å². The maximum absolute atomic E-state index is 12.7. The zero-order valence-corrected chi connectivity index (χ0v) is 18.6. The normalized spacial score (nSPS) is 14.3. The maximum atomic E-state index is 12.7. The average molecular weight is 451 g/mol. The quantitative estimate of drug-likeness (QED) is 0.531. The lowest BCUT2D eigenvalue weighted by Crippen LogP contribution is -2.42. The molecular formula is C23H26N6O2S. The fraction of sp³-hybridized carbons (Fsp3) is 0.348. The number of rotatable bonds is 8. The fourth-order valence-corrected chi connectivity index (χ4v) is 4.51. The molecule has 9 heteroatoms. The van der Waals surface area contributed by atoms with E-state index in [-0.39, 0.29) is 17.7 Å². The number of pyridine rings is 1. The molecule has 8 nitrogen and oxygen atoms in total. The van der Waals surface area contributed by atoms with Gasteiger partial charge in [0.2, 0.25) is 11.8 Å². The summed E-state index contributed by atoms with van der Waals surface area (Å²) in [4.78, 5) is 31.4. The van der Waals surface area contributed by atoms with Crippen molar-refractivity contribution in [2.75, 3.05) is 24.2 Å². The number of aromatic nitrogens is 4. The number of piperidine rings is 1. The van der Waals surface area contributed by atoms with Gasteiger partial charge in [0.05, 0.1) is 5.75 Å². The number of benzene rings is 1. The van der Waals surface area contributed by atoms with Crippen molar-refractivity contribution in [2.45, 2.75) is 31.0 Å². The van der Waals surface area contributed by atoms with E-state index in [1.54, 1.807) is 12.5 Å². The first-order chi connectivity index (χ1) is 15.7. The molecular weight excluding hydrogens is 424 g/mol. The highest BCUT2D eigenvalue weighted by Gasteiger charge is 2.27. The summed E-state index contributed by atoms with van der Waals surface area (Å²) in [6.45, 7) is 1.90. The smallest absolute Gasteiger partial charge is 0.233 e. The van der Waals surface area contributed by atoms with Crippen LogP contribution in [0, 0.1) is 5.92 Å². The topological polar surface area (TPSA) is 93.0 Å². The highest BCUT2D eigenvalue weighted by atomic mass is 32.2. The number of nitrogens with one attached hydrogen (secondary N) is 1. The Kier molecular flexibility index (Phi) is 7.50. The van der Waals surface area contributed by atoms with Crippen LogP contribution in [0.3, 0.4) is 0 Å². The molecule has 2 amide bonds. The molecule has 0 saturated carbocycles. The Morgan fingerprint density at radius 3 is 2.59 bits per heavy atom. The lowest BCUT2D eigenvalue weighted by atomic mass is 9.96. The van der Waals surface area contributed by atoms with Crippen molar-refractivity contribution in [2.24, 2.45) is 5.92 Å². The van der Waals surface area contributed by atoms with E-state index in [0.29, 0.717) is 38.2 Å². The van der Waals surface area contributed by atoms with Gasteiger partial charge in [-0.1, -0.05) is 36.0 Å². The summed E-state index contributed by atoms with van der Waals surface area (Å²) in [7, 11) is 0. The van der Waals surface area contributed by atoms with E-state index in [0.717, 1.165) is 23.0 Å². The minimum atomic E-state index is -0.0680. The van der Waals surface area contributed by atoms with Crippen LogP contribution < -0.4 is 5.32 Å². The number of likely N-dealkylation sites (tertiary alicyclic amines) is 1. The van der Waals surface area contributed by atoms with E-state index in [1.165, 1.54) is 11.8 Å². The molecule has 0 spiro atoms. The SMILES string of the molecule is O=C(Nc1ccccc1)C1CCN(C(=O)CSc2nncn2CCc2ccccn2)CC1. The molecule has 0 atom stereocenters. The van der Waals surface area contributed by atoms with E-state index >= 15 is 0 Å². The number of aryl methyl sites for hydroxylation is 2. The molecule has 2 aromatic heterocycles. The Hall–Kier alpha value is -3.20. The fourth-order valence-electron chi connectivity index (χ4n) is 3.67. The van der Waals surface area contributed by atoms with Gasteiger partial charge in [-0.15, -0.1) is 10.2 Å². The standard InChI is InChI=1S/C23H26N6O2S/c30-21(16-32-23-27-25-17-29(23)15-11-19-6-4-5-12-24-19)28-13-9-18(10-14-28)22(31)26-20-7-2-1-3-8-20/h1-8,12,17-18H,9-11,13-16H2,(H,26,31). The Labute approximate surface area is 191 Å². The van der Waals surface area contributed by atoms with E-state index in [2.05, 4.69) is 20.5 Å². The second kappa shape index (κ2) is 10.9. The zero-order chi connectivity index (χ0) is 22.2. The summed E-state index contributed by atoms with van der Waals surface area (Å²) in [5.74, 6) is 0.333. The third-order valence-corrected chi connectivity index (χ3v) is 6.47. The summed E-state index contributed by atoms with van der Waals surface area (Å²) < 4.78 is 1.95. The third kappa shape index (κ3) is 5.94. The van der Waals surface area contributed by atoms with Gasteiger partial charge >= 0.3 is 0 Å². The molecule has 0 aliphatic carbocycles. The number of amides is 2. The molecule has 1 aromatic carbocycles. The van der Waals surface area contributed by atoms with Crippen molar-refractivity contribution in [3.63, 3.8) is 0 Å². The minimum Gasteiger partial charge on any atom is -0.342 e. The van der Waals surface area contributed by atoms with Gasteiger partial charge in [0.1, 0.15) is 6.33 Å². The van der Waals surface area contributed by atoms with E-state index in [4.69, 9.17) is 0 Å². The Bertz CT molecular complexity index is 1020. The van der Waals surface area contributed by atoms with Crippen LogP contribution in [-0.4, -0.2) is 55.3 Å². The second-order valence-electron chi connectivity index (χ2n) is 7.68. The minimum absolute atomic E-state index is 0.0266. The van der Waals surface area contributed by atoms with Gasteiger partial charge in [-0.3, -0.25) is 14.6 Å². The van der Waals surface area contributed by atoms with Crippen molar-refractivity contribution < 1.29 is 9.59 Å². The van der Waals surface area contributed by atoms with E-state index in [9.17, 15) is 9.59 Å². The number of nitrogens with zero attached hydrogens (tertiary/aromatic N) is 5. The molecule has 3 aromatic rings. The highest BCUT2D eigenvalue weighted by molar-refractivity contribution is 7.99. The summed E-state index contributed by atoms with van der Waals surface area (Å²) in [6.07, 6.45) is 5.60. The van der Waals surface area contributed by atoms with Crippen LogP contribution in [0.25, 0.3) is 0 Å². The van der Waals surface area contributed by atoms with Gasteiger partial charge in [0, 0.05) is 49.6 Å². The first-order valence-corrected chi connectivity index (χ1v) is 11.7. The third-order valence-electron chi connectivity index (χ3n) is 5.50. The number of para-hydroxylation sites is 1. The van der Waals surface area contributed by atoms with Crippen LogP contribution in [0.2, 0.25) is 0 Å². The van der Waals surface area contributed by atoms with Crippen molar-refractivity contribution in [3.8, 4) is 0 Å². The number of anilines is 1. The Morgan fingerprint density at radius 2 is 1.84 bits per heavy atom. The summed E-state index contributed by atoms with van der Waals surface area (Å²) in [6, 6.07) is 15.3. The van der Waals surface area contributed by atoms with Crippen molar-refractivity contribution in [3.05, 3.63) is 66.7 Å². The molecule has 166 valence electrons. The molecule has 4 rings (SSSR count). The predicted molar refractivity (Wildman–Crippen MR) is 123 cm³/mol. The summed E-state index contributed by atoms with van der Waals surface area (Å²) in [5.41, 5.74) is 1.81. The molecule has 1 fully saturated rings. The van der Waals surface area contributed by atoms with E-state index < -0.39 is 0 Å². The van der Waals surface area contributed by atoms with Crippen LogP contribution >= 0.6 is 11.8 Å². The molecule has 1 saturated heterocycles. The van der Waals surface area contributed by atoms with Gasteiger partial charge < -0.3 is 14.8 Å². The lowest BCUT2D eigenvalue weighted by Gasteiger charge is -2.31. The molecule has 0 bridgehead atoms. The largest absolute Gasteiger partial charge is 0.342 e. The molecule has 1 N–H and O–H groups in total. The molecule has 1 aliphatic heterocycles.